The van der Waals surface area contributed by atoms with E-state index in [-0.39, 0.29) is 0 Å². The van der Waals surface area contributed by atoms with Crippen molar-refractivity contribution in [3.05, 3.63) is 43.0 Å². The van der Waals surface area contributed by atoms with Crippen molar-refractivity contribution in [3.63, 3.8) is 0 Å². The van der Waals surface area contributed by atoms with Crippen molar-refractivity contribution in [2.24, 2.45) is 0 Å². The van der Waals surface area contributed by atoms with Crippen molar-refractivity contribution in [1.82, 2.24) is 0 Å². The number of esters is 1. The SMILES string of the molecule is C=CC(CC(C)OC(=O)Nc1ccccc1)OC(C)=O. The van der Waals surface area contributed by atoms with Gasteiger partial charge in [0.25, 0.3) is 0 Å². The number of carbonyl (C=O) groups is 2. The molecule has 1 rings (SSSR count). The molecule has 0 spiro atoms. The Morgan fingerprint density at radius 1 is 1.30 bits per heavy atom. The third-order valence-electron chi connectivity index (χ3n) is 2.47. The topological polar surface area (TPSA) is 64.6 Å². The largest absolute Gasteiger partial charge is 0.458 e. The second kappa shape index (κ2) is 7.99. The Morgan fingerprint density at radius 3 is 2.50 bits per heavy atom. The lowest BCUT2D eigenvalue weighted by Gasteiger charge is -2.18. The quantitative estimate of drug-likeness (QED) is 0.641. The second-order valence-electron chi connectivity index (χ2n) is 4.33. The maximum Gasteiger partial charge on any atom is 0.411 e. The first-order valence-corrected chi connectivity index (χ1v) is 6.33. The number of para-hydroxylation sites is 1. The maximum atomic E-state index is 11.6. The first-order chi connectivity index (χ1) is 9.51. The molecular formula is C15H19NO4. The van der Waals surface area contributed by atoms with Crippen molar-refractivity contribution in [2.45, 2.75) is 32.5 Å². The minimum atomic E-state index is -0.547. The number of benzene rings is 1. The van der Waals surface area contributed by atoms with E-state index >= 15 is 0 Å². The van der Waals surface area contributed by atoms with E-state index in [0.717, 1.165) is 0 Å². The van der Waals surface area contributed by atoms with E-state index < -0.39 is 24.3 Å². The third-order valence-corrected chi connectivity index (χ3v) is 2.47. The molecule has 20 heavy (non-hydrogen) atoms. The molecule has 0 fully saturated rings. The Kier molecular flexibility index (Phi) is 6.29. The summed E-state index contributed by atoms with van der Waals surface area (Å²) in [5.74, 6) is -0.393. The molecule has 5 nitrogen and oxygen atoms in total. The van der Waals surface area contributed by atoms with Crippen LogP contribution in [0.4, 0.5) is 10.5 Å². The molecule has 108 valence electrons. The molecular weight excluding hydrogens is 258 g/mol. The molecule has 0 radical (unpaired) electrons. The predicted molar refractivity (Wildman–Crippen MR) is 76.4 cm³/mol. The highest BCUT2D eigenvalue weighted by atomic mass is 16.6. The van der Waals surface area contributed by atoms with Crippen LogP contribution in [-0.2, 0) is 14.3 Å². The Hall–Kier alpha value is -2.30. The van der Waals surface area contributed by atoms with Gasteiger partial charge in [0, 0.05) is 19.0 Å². The number of carbonyl (C=O) groups excluding carboxylic acids is 2. The van der Waals surface area contributed by atoms with Gasteiger partial charge in [0.05, 0.1) is 0 Å². The van der Waals surface area contributed by atoms with Crippen molar-refractivity contribution < 1.29 is 19.1 Å². The Bertz CT molecular complexity index is 458. The molecule has 5 heteroatoms. The summed E-state index contributed by atoms with van der Waals surface area (Å²) in [6.45, 7) is 6.63. The van der Waals surface area contributed by atoms with Crippen LogP contribution in [0.25, 0.3) is 0 Å². The maximum absolute atomic E-state index is 11.6. The van der Waals surface area contributed by atoms with Crippen LogP contribution in [0.15, 0.2) is 43.0 Å². The van der Waals surface area contributed by atoms with Gasteiger partial charge in [-0.25, -0.2) is 4.79 Å². The predicted octanol–water partition coefficient (Wildman–Crippen LogP) is 3.13. The van der Waals surface area contributed by atoms with Crippen molar-refractivity contribution in [1.29, 1.82) is 0 Å². The van der Waals surface area contributed by atoms with Crippen molar-refractivity contribution in [2.75, 3.05) is 5.32 Å². The van der Waals surface area contributed by atoms with Gasteiger partial charge in [0.1, 0.15) is 12.2 Å². The fourth-order valence-corrected chi connectivity index (χ4v) is 1.63. The van der Waals surface area contributed by atoms with Crippen LogP contribution in [0.2, 0.25) is 0 Å². The zero-order valence-corrected chi connectivity index (χ0v) is 11.7. The molecule has 1 amide bonds. The number of amides is 1. The minimum Gasteiger partial charge on any atom is -0.458 e. The van der Waals surface area contributed by atoms with E-state index in [9.17, 15) is 9.59 Å². The molecule has 0 aliphatic heterocycles. The number of nitrogens with one attached hydrogen (secondary N) is 1. The highest BCUT2D eigenvalue weighted by Gasteiger charge is 2.16. The van der Waals surface area contributed by atoms with Gasteiger partial charge in [-0.2, -0.15) is 0 Å². The fraction of sp³-hybridized carbons (Fsp3) is 0.333. The van der Waals surface area contributed by atoms with Gasteiger partial charge in [-0.3, -0.25) is 10.1 Å². The van der Waals surface area contributed by atoms with E-state index in [2.05, 4.69) is 11.9 Å². The van der Waals surface area contributed by atoms with E-state index in [1.165, 1.54) is 13.0 Å². The van der Waals surface area contributed by atoms with Crippen LogP contribution >= 0.6 is 0 Å². The average molecular weight is 277 g/mol. The summed E-state index contributed by atoms with van der Waals surface area (Å²) in [6, 6.07) is 9.00. The van der Waals surface area contributed by atoms with Gasteiger partial charge in [0.15, 0.2) is 0 Å². The van der Waals surface area contributed by atoms with Crippen LogP contribution in [0.1, 0.15) is 20.3 Å². The van der Waals surface area contributed by atoms with Crippen LogP contribution in [0.3, 0.4) is 0 Å². The number of hydrogen-bond donors (Lipinski definition) is 1. The normalized spacial score (nSPS) is 12.9. The summed E-state index contributed by atoms with van der Waals surface area (Å²) in [5.41, 5.74) is 0.657. The molecule has 0 aliphatic rings. The second-order valence-corrected chi connectivity index (χ2v) is 4.33. The summed E-state index contributed by atoms with van der Waals surface area (Å²) in [6.07, 6.45) is 0.462. The lowest BCUT2D eigenvalue weighted by Crippen LogP contribution is -2.25. The fourth-order valence-electron chi connectivity index (χ4n) is 1.63. The summed E-state index contributed by atoms with van der Waals surface area (Å²) in [5, 5.41) is 2.61. The number of ether oxygens (including phenoxy) is 2. The molecule has 2 atom stereocenters. The van der Waals surface area contributed by atoms with Crippen molar-refractivity contribution >= 4 is 17.7 Å². The van der Waals surface area contributed by atoms with Crippen LogP contribution < -0.4 is 5.32 Å². The number of anilines is 1. The highest BCUT2D eigenvalue weighted by molar-refractivity contribution is 5.84. The van der Waals surface area contributed by atoms with Gasteiger partial charge < -0.3 is 9.47 Å². The molecule has 0 aromatic heterocycles. The smallest absolute Gasteiger partial charge is 0.411 e. The minimum absolute atomic E-state index is 0.366. The van der Waals surface area contributed by atoms with Gasteiger partial charge in [-0.1, -0.05) is 30.9 Å². The van der Waals surface area contributed by atoms with Crippen molar-refractivity contribution in [3.8, 4) is 0 Å². The zero-order chi connectivity index (χ0) is 15.0. The molecule has 0 saturated carbocycles. The van der Waals surface area contributed by atoms with E-state index in [0.29, 0.717) is 12.1 Å². The summed E-state index contributed by atoms with van der Waals surface area (Å²) in [7, 11) is 0. The molecule has 2 unspecified atom stereocenters. The third kappa shape index (κ3) is 6.04. The average Bonchev–Trinajstić information content (AvgIpc) is 2.38. The summed E-state index contributed by atoms with van der Waals surface area (Å²) in [4.78, 5) is 22.5. The molecule has 1 aromatic rings. The molecule has 0 bridgehead atoms. The Morgan fingerprint density at radius 2 is 1.95 bits per heavy atom. The number of rotatable bonds is 6. The zero-order valence-electron chi connectivity index (χ0n) is 11.7. The first-order valence-electron chi connectivity index (χ1n) is 6.33. The van der Waals surface area contributed by atoms with E-state index in [1.54, 1.807) is 19.1 Å². The molecule has 1 aromatic carbocycles. The molecule has 0 aliphatic carbocycles. The van der Waals surface area contributed by atoms with Gasteiger partial charge in [-0.05, 0) is 19.1 Å². The van der Waals surface area contributed by atoms with E-state index in [1.807, 2.05) is 18.2 Å². The van der Waals surface area contributed by atoms with Gasteiger partial charge >= 0.3 is 12.1 Å². The Balaban J connectivity index is 2.41. The highest BCUT2D eigenvalue weighted by Crippen LogP contribution is 2.10. The summed E-state index contributed by atoms with van der Waals surface area (Å²) < 4.78 is 10.2. The first kappa shape index (κ1) is 15.8. The standard InChI is InChI=1S/C15H19NO4/c1-4-14(20-12(3)17)10-11(2)19-15(18)16-13-8-6-5-7-9-13/h4-9,11,14H,1,10H2,2-3H3,(H,16,18). The lowest BCUT2D eigenvalue weighted by atomic mass is 10.2. The van der Waals surface area contributed by atoms with Crippen LogP contribution in [0.5, 0.6) is 0 Å². The van der Waals surface area contributed by atoms with Gasteiger partial charge in [-0.15, -0.1) is 0 Å². The summed E-state index contributed by atoms with van der Waals surface area (Å²) >= 11 is 0. The Labute approximate surface area is 118 Å². The molecule has 0 heterocycles. The number of hydrogen-bond acceptors (Lipinski definition) is 4. The lowest BCUT2D eigenvalue weighted by molar-refractivity contribution is -0.145. The molecule has 0 saturated heterocycles. The monoisotopic (exact) mass is 277 g/mol. The molecule has 1 N–H and O–H groups in total. The van der Waals surface area contributed by atoms with Crippen LogP contribution in [-0.4, -0.2) is 24.3 Å². The van der Waals surface area contributed by atoms with E-state index in [4.69, 9.17) is 9.47 Å². The van der Waals surface area contributed by atoms with Crippen LogP contribution in [0, 0.1) is 0 Å². The van der Waals surface area contributed by atoms with Gasteiger partial charge in [0.2, 0.25) is 0 Å².